The van der Waals surface area contributed by atoms with Crippen molar-refractivity contribution in [2.75, 3.05) is 31.2 Å². The van der Waals surface area contributed by atoms with Crippen molar-refractivity contribution in [2.24, 2.45) is 0 Å². The Morgan fingerprint density at radius 3 is 2.82 bits per heavy atom. The molecule has 1 aliphatic heterocycles. The van der Waals surface area contributed by atoms with Crippen molar-refractivity contribution in [1.82, 2.24) is 19.6 Å². The molecule has 0 aliphatic carbocycles. The summed E-state index contributed by atoms with van der Waals surface area (Å²) in [5.41, 5.74) is 1.96. The summed E-state index contributed by atoms with van der Waals surface area (Å²) in [6, 6.07) is 7.67. The molecule has 0 bridgehead atoms. The first-order chi connectivity index (χ1) is 10.8. The van der Waals surface area contributed by atoms with Crippen molar-refractivity contribution >= 4 is 23.3 Å². The largest absolute Gasteiger partial charge is 0.378 e. The Morgan fingerprint density at radius 2 is 2.00 bits per heavy atom. The molecule has 7 heteroatoms. The Hall–Kier alpha value is -2.18. The Kier molecular flexibility index (Phi) is 3.40. The number of aromatic nitrogens is 4. The molecule has 112 valence electrons. The fourth-order valence-corrected chi connectivity index (χ4v) is 2.68. The van der Waals surface area contributed by atoms with E-state index in [1.807, 2.05) is 30.5 Å². The van der Waals surface area contributed by atoms with Gasteiger partial charge >= 0.3 is 0 Å². The van der Waals surface area contributed by atoms with E-state index in [4.69, 9.17) is 16.3 Å². The van der Waals surface area contributed by atoms with E-state index in [1.165, 1.54) is 0 Å². The monoisotopic (exact) mass is 315 g/mol. The lowest BCUT2D eigenvalue weighted by molar-refractivity contribution is 0.122. The molecule has 1 saturated heterocycles. The van der Waals surface area contributed by atoms with Crippen LogP contribution in [0.5, 0.6) is 0 Å². The standard InChI is InChI=1S/C15H14ClN5O/c16-13-3-1-2-11(8-13)12-9-17-14-18-15(19-21(14)10-12)20-4-6-22-7-5-20/h1-3,8-10H,4-7H2. The van der Waals surface area contributed by atoms with Gasteiger partial charge in [0.25, 0.3) is 5.78 Å². The predicted molar refractivity (Wildman–Crippen MR) is 84.3 cm³/mol. The highest BCUT2D eigenvalue weighted by Crippen LogP contribution is 2.22. The van der Waals surface area contributed by atoms with Gasteiger partial charge in [-0.05, 0) is 17.7 Å². The molecule has 0 atom stereocenters. The van der Waals surface area contributed by atoms with Crippen LogP contribution in [0.3, 0.4) is 0 Å². The summed E-state index contributed by atoms with van der Waals surface area (Å²) in [6.07, 6.45) is 3.71. The molecule has 3 aromatic rings. The van der Waals surface area contributed by atoms with E-state index in [2.05, 4.69) is 20.0 Å². The average molecular weight is 316 g/mol. The SMILES string of the molecule is Clc1cccc(-c2cnc3nc(N4CCOCC4)nn3c2)c1. The number of nitrogens with zero attached hydrogens (tertiary/aromatic N) is 5. The number of hydrogen-bond donors (Lipinski definition) is 0. The molecule has 0 amide bonds. The van der Waals surface area contributed by atoms with Crippen molar-refractivity contribution in [1.29, 1.82) is 0 Å². The van der Waals surface area contributed by atoms with Gasteiger partial charge in [-0.15, -0.1) is 5.10 Å². The Balaban J connectivity index is 1.71. The van der Waals surface area contributed by atoms with Crippen molar-refractivity contribution in [3.8, 4) is 11.1 Å². The highest BCUT2D eigenvalue weighted by Gasteiger charge is 2.16. The number of ether oxygens (including phenoxy) is 1. The van der Waals surface area contributed by atoms with Crippen LogP contribution in [0.4, 0.5) is 5.95 Å². The second kappa shape index (κ2) is 5.55. The van der Waals surface area contributed by atoms with E-state index in [9.17, 15) is 0 Å². The highest BCUT2D eigenvalue weighted by atomic mass is 35.5. The van der Waals surface area contributed by atoms with Crippen molar-refractivity contribution < 1.29 is 4.74 Å². The molecule has 0 spiro atoms. The smallest absolute Gasteiger partial charge is 0.253 e. The van der Waals surface area contributed by atoms with Crippen LogP contribution < -0.4 is 4.90 Å². The highest BCUT2D eigenvalue weighted by molar-refractivity contribution is 6.30. The summed E-state index contributed by atoms with van der Waals surface area (Å²) in [5.74, 6) is 1.28. The van der Waals surface area contributed by atoms with Crippen LogP contribution in [0, 0.1) is 0 Å². The van der Waals surface area contributed by atoms with Crippen LogP contribution in [-0.4, -0.2) is 45.9 Å². The maximum atomic E-state index is 6.04. The molecule has 0 radical (unpaired) electrons. The third-order valence-corrected chi connectivity index (χ3v) is 3.87. The predicted octanol–water partition coefficient (Wildman–Crippen LogP) is 2.28. The Bertz CT molecular complexity index is 813. The normalized spacial score (nSPS) is 15.4. The number of morpholine rings is 1. The van der Waals surface area contributed by atoms with Crippen molar-refractivity contribution in [3.63, 3.8) is 0 Å². The molecule has 1 aliphatic rings. The van der Waals surface area contributed by atoms with Gasteiger partial charge in [0.05, 0.1) is 13.2 Å². The maximum Gasteiger partial charge on any atom is 0.253 e. The summed E-state index contributed by atoms with van der Waals surface area (Å²) < 4.78 is 7.06. The molecule has 4 rings (SSSR count). The summed E-state index contributed by atoms with van der Waals surface area (Å²) in [4.78, 5) is 11.0. The first kappa shape index (κ1) is 13.5. The Morgan fingerprint density at radius 1 is 1.14 bits per heavy atom. The lowest BCUT2D eigenvalue weighted by Gasteiger charge is -2.25. The van der Waals surface area contributed by atoms with Gasteiger partial charge in [0, 0.05) is 36.1 Å². The molecule has 6 nitrogen and oxygen atoms in total. The minimum atomic E-state index is 0.590. The number of hydrogen-bond acceptors (Lipinski definition) is 5. The molecular formula is C15H14ClN5O. The Labute approximate surface area is 132 Å². The van der Waals surface area contributed by atoms with Gasteiger partial charge in [0.15, 0.2) is 0 Å². The van der Waals surface area contributed by atoms with Crippen molar-refractivity contribution in [3.05, 3.63) is 41.7 Å². The van der Waals surface area contributed by atoms with E-state index in [0.29, 0.717) is 30.0 Å². The second-order valence-corrected chi connectivity index (χ2v) is 5.55. The maximum absolute atomic E-state index is 6.04. The van der Waals surface area contributed by atoms with Gasteiger partial charge in [-0.1, -0.05) is 23.7 Å². The van der Waals surface area contributed by atoms with Crippen LogP contribution >= 0.6 is 11.6 Å². The molecule has 2 aromatic heterocycles. The van der Waals surface area contributed by atoms with Gasteiger partial charge < -0.3 is 9.64 Å². The number of rotatable bonds is 2. The lowest BCUT2D eigenvalue weighted by Crippen LogP contribution is -2.36. The third-order valence-electron chi connectivity index (χ3n) is 3.63. The van der Waals surface area contributed by atoms with Gasteiger partial charge in [-0.25, -0.2) is 9.50 Å². The zero-order chi connectivity index (χ0) is 14.9. The molecule has 22 heavy (non-hydrogen) atoms. The number of benzene rings is 1. The first-order valence-corrected chi connectivity index (χ1v) is 7.48. The van der Waals surface area contributed by atoms with Crippen LogP contribution in [0.25, 0.3) is 16.9 Å². The van der Waals surface area contributed by atoms with Crippen molar-refractivity contribution in [2.45, 2.75) is 0 Å². The summed E-state index contributed by atoms with van der Waals surface area (Å²) >= 11 is 6.04. The number of fused-ring (bicyclic) bond motifs is 1. The zero-order valence-corrected chi connectivity index (χ0v) is 12.6. The van der Waals surface area contributed by atoms with E-state index in [0.717, 1.165) is 24.2 Å². The summed E-state index contributed by atoms with van der Waals surface area (Å²) in [5, 5.41) is 5.22. The van der Waals surface area contributed by atoms with E-state index in [1.54, 1.807) is 10.7 Å². The molecule has 1 fully saturated rings. The topological polar surface area (TPSA) is 55.5 Å². The average Bonchev–Trinajstić information content (AvgIpc) is 2.99. The van der Waals surface area contributed by atoms with Gasteiger partial charge in [-0.2, -0.15) is 4.98 Å². The summed E-state index contributed by atoms with van der Waals surface area (Å²) in [7, 11) is 0. The molecule has 0 unspecified atom stereocenters. The second-order valence-electron chi connectivity index (χ2n) is 5.11. The van der Waals surface area contributed by atoms with Gasteiger partial charge in [0.2, 0.25) is 5.95 Å². The fourth-order valence-electron chi connectivity index (χ4n) is 2.49. The minimum absolute atomic E-state index is 0.590. The number of halogens is 1. The zero-order valence-electron chi connectivity index (χ0n) is 11.8. The van der Waals surface area contributed by atoms with Crippen LogP contribution in [0.1, 0.15) is 0 Å². The summed E-state index contributed by atoms with van der Waals surface area (Å²) in [6.45, 7) is 3.02. The molecule has 1 aromatic carbocycles. The molecule has 3 heterocycles. The van der Waals surface area contributed by atoms with E-state index >= 15 is 0 Å². The van der Waals surface area contributed by atoms with E-state index in [-0.39, 0.29) is 0 Å². The first-order valence-electron chi connectivity index (χ1n) is 7.11. The molecule has 0 saturated carbocycles. The van der Waals surface area contributed by atoms with Gasteiger partial charge in [0.1, 0.15) is 0 Å². The minimum Gasteiger partial charge on any atom is -0.378 e. The fraction of sp³-hybridized carbons (Fsp3) is 0.267. The number of anilines is 1. The third kappa shape index (κ3) is 2.51. The van der Waals surface area contributed by atoms with Gasteiger partial charge in [-0.3, -0.25) is 0 Å². The van der Waals surface area contributed by atoms with E-state index < -0.39 is 0 Å². The van der Waals surface area contributed by atoms with Crippen LogP contribution in [0.2, 0.25) is 5.02 Å². The molecular weight excluding hydrogens is 302 g/mol. The molecule has 0 N–H and O–H groups in total. The van der Waals surface area contributed by atoms with Crippen LogP contribution in [-0.2, 0) is 4.74 Å². The van der Waals surface area contributed by atoms with Crippen LogP contribution in [0.15, 0.2) is 36.7 Å². The quantitative estimate of drug-likeness (QED) is 0.726. The lowest BCUT2D eigenvalue weighted by atomic mass is 10.1.